The van der Waals surface area contributed by atoms with Gasteiger partial charge in [0, 0.05) is 5.56 Å². The van der Waals surface area contributed by atoms with Gasteiger partial charge in [-0.05, 0) is 30.3 Å². The summed E-state index contributed by atoms with van der Waals surface area (Å²) in [5.74, 6) is 0.0396. The third kappa shape index (κ3) is 4.78. The number of amides is 2. The lowest BCUT2D eigenvalue weighted by Crippen LogP contribution is -2.33. The fourth-order valence-corrected chi connectivity index (χ4v) is 2.53. The Morgan fingerprint density at radius 2 is 1.64 bits per heavy atom. The summed E-state index contributed by atoms with van der Waals surface area (Å²) in [6, 6.07) is 9.57. The maximum absolute atomic E-state index is 12.2. The molecule has 2 amide bonds. The molecular weight excluding hydrogens is 367 g/mol. The third-order valence-corrected chi connectivity index (χ3v) is 3.91. The fourth-order valence-electron chi connectivity index (χ4n) is 2.04. The summed E-state index contributed by atoms with van der Waals surface area (Å²) in [5.41, 5.74) is 0.637. The second-order valence-corrected chi connectivity index (χ2v) is 5.71. The van der Waals surface area contributed by atoms with Crippen LogP contribution < -0.4 is 20.1 Å². The summed E-state index contributed by atoms with van der Waals surface area (Å²) >= 11 is 12.0. The van der Waals surface area contributed by atoms with E-state index in [2.05, 4.69) is 10.6 Å². The van der Waals surface area contributed by atoms with E-state index in [1.807, 2.05) is 0 Å². The second kappa shape index (κ2) is 8.60. The Morgan fingerprint density at radius 3 is 2.24 bits per heavy atom. The van der Waals surface area contributed by atoms with E-state index >= 15 is 0 Å². The molecule has 6 nitrogen and oxygen atoms in total. The lowest BCUT2D eigenvalue weighted by Gasteiger charge is -2.11. The average molecular weight is 383 g/mol. The van der Waals surface area contributed by atoms with E-state index in [1.165, 1.54) is 20.3 Å². The van der Waals surface area contributed by atoms with Gasteiger partial charge in [-0.3, -0.25) is 9.59 Å². The zero-order valence-electron chi connectivity index (χ0n) is 13.6. The standard InChI is InChI=1S/C17H16Cl2N2O4/c1-24-13-7-6-10(8-14(13)25-2)17(23)20-9-15(22)21-16-11(18)4-3-5-12(16)19/h3-8H,9H2,1-2H3,(H,20,23)(H,21,22). The lowest BCUT2D eigenvalue weighted by atomic mass is 10.2. The van der Waals surface area contributed by atoms with Gasteiger partial charge in [0.15, 0.2) is 11.5 Å². The van der Waals surface area contributed by atoms with Crippen molar-refractivity contribution in [2.75, 3.05) is 26.1 Å². The highest BCUT2D eigenvalue weighted by Crippen LogP contribution is 2.29. The van der Waals surface area contributed by atoms with Gasteiger partial charge in [0.25, 0.3) is 5.91 Å². The Hall–Kier alpha value is -2.44. The van der Waals surface area contributed by atoms with Crippen molar-refractivity contribution in [3.8, 4) is 11.5 Å². The topological polar surface area (TPSA) is 76.7 Å². The Bertz CT molecular complexity index is 776. The van der Waals surface area contributed by atoms with Crippen LogP contribution in [0, 0.1) is 0 Å². The summed E-state index contributed by atoms with van der Waals surface area (Å²) in [6.07, 6.45) is 0. The molecule has 2 rings (SSSR count). The monoisotopic (exact) mass is 382 g/mol. The van der Waals surface area contributed by atoms with Gasteiger partial charge in [-0.1, -0.05) is 29.3 Å². The van der Waals surface area contributed by atoms with Crippen molar-refractivity contribution in [1.82, 2.24) is 5.32 Å². The van der Waals surface area contributed by atoms with Crippen LogP contribution in [0.4, 0.5) is 5.69 Å². The maximum Gasteiger partial charge on any atom is 0.251 e. The van der Waals surface area contributed by atoms with Gasteiger partial charge in [-0.15, -0.1) is 0 Å². The van der Waals surface area contributed by atoms with Gasteiger partial charge in [0.2, 0.25) is 5.91 Å². The van der Waals surface area contributed by atoms with Gasteiger partial charge in [-0.2, -0.15) is 0 Å². The summed E-state index contributed by atoms with van der Waals surface area (Å²) in [4.78, 5) is 24.2. The first kappa shape index (κ1) is 18.9. The van der Waals surface area contributed by atoms with Crippen molar-refractivity contribution in [1.29, 1.82) is 0 Å². The van der Waals surface area contributed by atoms with E-state index in [4.69, 9.17) is 32.7 Å². The molecule has 2 aromatic rings. The van der Waals surface area contributed by atoms with Gasteiger partial charge < -0.3 is 20.1 Å². The molecule has 0 unspecified atom stereocenters. The highest BCUT2D eigenvalue weighted by atomic mass is 35.5. The first-order valence-corrected chi connectivity index (χ1v) is 7.96. The van der Waals surface area contributed by atoms with Gasteiger partial charge in [0.05, 0.1) is 36.5 Å². The summed E-state index contributed by atoms with van der Waals surface area (Å²) in [6.45, 7) is -0.241. The summed E-state index contributed by atoms with van der Waals surface area (Å²) in [5, 5.41) is 5.70. The van der Waals surface area contributed by atoms with Crippen molar-refractivity contribution >= 4 is 40.7 Å². The minimum absolute atomic E-state index is 0.241. The van der Waals surface area contributed by atoms with E-state index in [1.54, 1.807) is 30.3 Å². The molecule has 0 aromatic heterocycles. The number of nitrogens with one attached hydrogen (secondary N) is 2. The van der Waals surface area contributed by atoms with Gasteiger partial charge >= 0.3 is 0 Å². The van der Waals surface area contributed by atoms with Crippen molar-refractivity contribution in [3.63, 3.8) is 0 Å². The number of rotatable bonds is 6. The van der Waals surface area contributed by atoms with Crippen LogP contribution in [0.15, 0.2) is 36.4 Å². The van der Waals surface area contributed by atoms with Crippen LogP contribution in [0.1, 0.15) is 10.4 Å². The molecule has 8 heteroatoms. The largest absolute Gasteiger partial charge is 0.493 e. The van der Waals surface area contributed by atoms with Crippen LogP contribution in [0.25, 0.3) is 0 Å². The van der Waals surface area contributed by atoms with Crippen molar-refractivity contribution < 1.29 is 19.1 Å². The Morgan fingerprint density at radius 1 is 1.00 bits per heavy atom. The Labute approximate surface area is 155 Å². The molecule has 132 valence electrons. The molecule has 2 aromatic carbocycles. The number of carbonyl (C=O) groups is 2. The number of hydrogen-bond acceptors (Lipinski definition) is 4. The van der Waals surface area contributed by atoms with E-state index in [0.717, 1.165) is 0 Å². The van der Waals surface area contributed by atoms with Gasteiger partial charge in [0.1, 0.15) is 0 Å². The van der Waals surface area contributed by atoms with E-state index < -0.39 is 11.8 Å². The van der Waals surface area contributed by atoms with E-state index in [9.17, 15) is 9.59 Å². The molecule has 2 N–H and O–H groups in total. The van der Waals surface area contributed by atoms with Crippen LogP contribution in [0.2, 0.25) is 10.0 Å². The van der Waals surface area contributed by atoms with E-state index in [0.29, 0.717) is 32.8 Å². The zero-order valence-corrected chi connectivity index (χ0v) is 15.1. The molecule has 0 heterocycles. The molecule has 0 radical (unpaired) electrons. The normalized spacial score (nSPS) is 10.1. The number of benzene rings is 2. The van der Waals surface area contributed by atoms with Crippen LogP contribution in [-0.4, -0.2) is 32.6 Å². The number of anilines is 1. The highest BCUT2D eigenvalue weighted by Gasteiger charge is 2.13. The SMILES string of the molecule is COc1ccc(C(=O)NCC(=O)Nc2c(Cl)cccc2Cl)cc1OC. The molecule has 0 fully saturated rings. The summed E-state index contributed by atoms with van der Waals surface area (Å²) in [7, 11) is 2.97. The zero-order chi connectivity index (χ0) is 18.4. The smallest absolute Gasteiger partial charge is 0.251 e. The van der Waals surface area contributed by atoms with Crippen LogP contribution in [0.5, 0.6) is 11.5 Å². The molecule has 0 bridgehead atoms. The Kier molecular flexibility index (Phi) is 6.50. The highest BCUT2D eigenvalue weighted by molar-refractivity contribution is 6.39. The number of carbonyl (C=O) groups excluding carboxylic acids is 2. The third-order valence-electron chi connectivity index (χ3n) is 3.28. The first-order chi connectivity index (χ1) is 12.0. The second-order valence-electron chi connectivity index (χ2n) is 4.90. The van der Waals surface area contributed by atoms with Crippen LogP contribution >= 0.6 is 23.2 Å². The molecular formula is C17H16Cl2N2O4. The predicted octanol–water partition coefficient (Wildman–Crippen LogP) is 3.38. The molecule has 0 aliphatic heterocycles. The van der Waals surface area contributed by atoms with E-state index in [-0.39, 0.29) is 6.54 Å². The Balaban J connectivity index is 1.99. The van der Waals surface area contributed by atoms with Crippen molar-refractivity contribution in [2.45, 2.75) is 0 Å². The lowest BCUT2D eigenvalue weighted by molar-refractivity contribution is -0.115. The van der Waals surface area contributed by atoms with Crippen LogP contribution in [-0.2, 0) is 4.79 Å². The predicted molar refractivity (Wildman–Crippen MR) is 97.0 cm³/mol. The molecule has 0 spiro atoms. The average Bonchev–Trinajstić information content (AvgIpc) is 2.62. The maximum atomic E-state index is 12.2. The molecule has 0 aliphatic rings. The minimum atomic E-state index is -0.455. The number of methoxy groups -OCH3 is 2. The molecule has 0 saturated heterocycles. The minimum Gasteiger partial charge on any atom is -0.493 e. The van der Waals surface area contributed by atoms with Crippen molar-refractivity contribution in [3.05, 3.63) is 52.0 Å². The van der Waals surface area contributed by atoms with Crippen LogP contribution in [0.3, 0.4) is 0 Å². The molecule has 0 aliphatic carbocycles. The summed E-state index contributed by atoms with van der Waals surface area (Å²) < 4.78 is 10.3. The first-order valence-electron chi connectivity index (χ1n) is 7.20. The molecule has 0 atom stereocenters. The number of para-hydroxylation sites is 1. The number of hydrogen-bond donors (Lipinski definition) is 2. The molecule has 25 heavy (non-hydrogen) atoms. The van der Waals surface area contributed by atoms with Crippen molar-refractivity contribution in [2.24, 2.45) is 0 Å². The quantitative estimate of drug-likeness (QED) is 0.802. The number of ether oxygens (including phenoxy) is 2. The van der Waals surface area contributed by atoms with Gasteiger partial charge in [-0.25, -0.2) is 0 Å². The molecule has 0 saturated carbocycles. The fraction of sp³-hybridized carbons (Fsp3) is 0.176. The number of halogens is 2.